The Morgan fingerprint density at radius 2 is 2.60 bits per heavy atom. The number of hydrogen-bond donors (Lipinski definition) is 1. The van der Waals surface area contributed by atoms with Crippen molar-refractivity contribution < 1.29 is 15.0 Å². The summed E-state index contributed by atoms with van der Waals surface area (Å²) in [5.74, 6) is -0.231. The molecule has 0 saturated carbocycles. The maximum Gasteiger partial charge on any atom is 0.199 e. The second-order valence-electron chi connectivity index (χ2n) is 2.11. The molecule has 3 nitrogen and oxygen atoms in total. The minimum absolute atomic E-state index is 0.0631. The van der Waals surface area contributed by atoms with Gasteiger partial charge in [0.15, 0.2) is 12.4 Å². The minimum Gasteiger partial charge on any atom is -0.488 e. The summed E-state index contributed by atoms with van der Waals surface area (Å²) in [6.07, 6.45) is -2.33. The number of ketones is 1. The van der Waals surface area contributed by atoms with Crippen molar-refractivity contribution >= 4 is 5.78 Å². The predicted octanol–water partition coefficient (Wildman–Crippen LogP) is -0.167. The lowest BCUT2D eigenvalue weighted by molar-refractivity contribution is -0.116. The van der Waals surface area contributed by atoms with E-state index in [0.717, 1.165) is 0 Å². The van der Waals surface area contributed by atoms with E-state index in [1.165, 1.54) is 0 Å². The van der Waals surface area contributed by atoms with Gasteiger partial charge in [-0.3, -0.25) is 4.79 Å². The first-order valence-corrected chi connectivity index (χ1v) is 3.01. The molecule has 0 aromatic carbocycles. The molecule has 0 bridgehead atoms. The van der Waals surface area contributed by atoms with Crippen molar-refractivity contribution in [3.8, 4) is 0 Å². The van der Waals surface area contributed by atoms with Gasteiger partial charge in [-0.25, -0.2) is 0 Å². The van der Waals surface area contributed by atoms with E-state index in [0.29, 0.717) is 0 Å². The number of ether oxygens (including phenoxy) is 1. The van der Waals surface area contributed by atoms with Crippen molar-refractivity contribution in [2.24, 2.45) is 0 Å². The molecular weight excluding hydrogens is 130 g/mol. The van der Waals surface area contributed by atoms with Crippen LogP contribution in [0.1, 0.15) is 11.9 Å². The Hall–Kier alpha value is -0.830. The molecule has 0 fully saturated rings. The van der Waals surface area contributed by atoms with E-state index in [2.05, 4.69) is 5.32 Å². The zero-order valence-corrected chi connectivity index (χ0v) is 5.23. The molecule has 2 rings (SSSR count). The fraction of sp³-hybridized carbons (Fsp3) is 0.571. The summed E-state index contributed by atoms with van der Waals surface area (Å²) in [6, 6.07) is 0. The highest BCUT2D eigenvalue weighted by molar-refractivity contribution is 5.98. The van der Waals surface area contributed by atoms with E-state index < -0.39 is 18.7 Å². The molecule has 0 amide bonds. The van der Waals surface area contributed by atoms with Crippen LogP contribution < -0.4 is 5.32 Å². The molecule has 0 aromatic heterocycles. The van der Waals surface area contributed by atoms with E-state index in [1.54, 1.807) is 0 Å². The molecule has 2 aliphatic heterocycles. The van der Waals surface area contributed by atoms with Crippen LogP contribution in [0.15, 0.2) is 11.3 Å². The van der Waals surface area contributed by atoms with Crippen LogP contribution in [0.5, 0.6) is 0 Å². The lowest BCUT2D eigenvalue weighted by atomic mass is 10.1. The molecule has 3 heteroatoms. The molecule has 0 aliphatic carbocycles. The highest BCUT2D eigenvalue weighted by atomic mass is 16.5. The van der Waals surface area contributed by atoms with Gasteiger partial charge in [0.1, 0.15) is 5.76 Å². The smallest absolute Gasteiger partial charge is 0.199 e. The van der Waals surface area contributed by atoms with Gasteiger partial charge < -0.3 is 10.1 Å². The molecule has 54 valence electrons. The molecule has 2 aliphatic rings. The van der Waals surface area contributed by atoms with Gasteiger partial charge in [0.05, 0.1) is 6.54 Å². The molecule has 0 aromatic rings. The first kappa shape index (κ1) is 3.05. The normalized spacial score (nSPS) is 40.6. The Balaban J connectivity index is 2.51. The monoisotopic (exact) mass is 143 g/mol. The predicted molar refractivity (Wildman–Crippen MR) is 35.5 cm³/mol. The van der Waals surface area contributed by atoms with Crippen molar-refractivity contribution in [3.05, 3.63) is 11.3 Å². The van der Waals surface area contributed by atoms with E-state index in [-0.39, 0.29) is 24.5 Å². The van der Waals surface area contributed by atoms with Crippen LogP contribution in [0.4, 0.5) is 0 Å². The molecule has 0 radical (unpaired) electrons. The van der Waals surface area contributed by atoms with Crippen LogP contribution in [0.3, 0.4) is 0 Å². The lowest BCUT2D eigenvalue weighted by Crippen LogP contribution is -2.24. The number of nitrogens with one attached hydrogen (secondary N) is 1. The van der Waals surface area contributed by atoms with Gasteiger partial charge in [-0.1, -0.05) is 0 Å². The molecule has 0 unspecified atom stereocenters. The molecule has 0 saturated heterocycles. The lowest BCUT2D eigenvalue weighted by Gasteiger charge is -2.11. The highest BCUT2D eigenvalue weighted by Gasteiger charge is 2.25. The van der Waals surface area contributed by atoms with Gasteiger partial charge in [-0.05, 0) is 12.9 Å². The van der Waals surface area contributed by atoms with Crippen molar-refractivity contribution in [2.45, 2.75) is 6.37 Å². The first-order chi connectivity index (χ1) is 6.36. The van der Waals surface area contributed by atoms with Gasteiger partial charge >= 0.3 is 0 Å². The molecule has 10 heavy (non-hydrogen) atoms. The SMILES string of the molecule is [2H]C1([2H])NCC2=C(C(=O)CO2)C1([2H])[2H]. The molecular formula is C7H9NO2. The standard InChI is InChI=1S/C7H9NO2/c9-6-4-10-7-3-8-2-1-5(6)7/h8H,1-4H2/i1D2,2D2. The number of Topliss-reactive ketones (excluding diaryl/α,β-unsaturated/α-hetero) is 1. The van der Waals surface area contributed by atoms with Crippen LogP contribution in [0, 0.1) is 0 Å². The molecule has 1 N–H and O–H groups in total. The summed E-state index contributed by atoms with van der Waals surface area (Å²) in [5, 5.41) is 2.36. The van der Waals surface area contributed by atoms with Crippen LogP contribution in [-0.2, 0) is 9.53 Å². The largest absolute Gasteiger partial charge is 0.488 e. The maximum atomic E-state index is 11.3. The zero-order chi connectivity index (χ0) is 10.6. The molecule has 0 atom stereocenters. The van der Waals surface area contributed by atoms with E-state index in [9.17, 15) is 4.79 Å². The quantitative estimate of drug-likeness (QED) is 0.512. The third-order valence-corrected chi connectivity index (χ3v) is 1.46. The Labute approximate surface area is 64.7 Å². The number of rotatable bonds is 0. The Morgan fingerprint density at radius 3 is 3.50 bits per heavy atom. The van der Waals surface area contributed by atoms with Crippen molar-refractivity contribution in [1.29, 1.82) is 0 Å². The van der Waals surface area contributed by atoms with Gasteiger partial charge in [0, 0.05) is 11.1 Å². The summed E-state index contributed by atoms with van der Waals surface area (Å²) in [7, 11) is 0. The summed E-state index contributed by atoms with van der Waals surface area (Å²) in [4.78, 5) is 11.3. The summed E-state index contributed by atoms with van der Waals surface area (Å²) in [5.41, 5.74) is -0.152. The van der Waals surface area contributed by atoms with Crippen molar-refractivity contribution in [2.75, 3.05) is 19.6 Å². The minimum atomic E-state index is -2.33. The third kappa shape index (κ3) is 0.743. The average molecular weight is 143 g/mol. The fourth-order valence-electron chi connectivity index (χ4n) is 0.963. The van der Waals surface area contributed by atoms with Gasteiger partial charge in [0.2, 0.25) is 0 Å². The third-order valence-electron chi connectivity index (χ3n) is 1.46. The second kappa shape index (κ2) is 2.09. The fourth-order valence-corrected chi connectivity index (χ4v) is 0.963. The van der Waals surface area contributed by atoms with Gasteiger partial charge in [-0.15, -0.1) is 0 Å². The average Bonchev–Trinajstić information content (AvgIpc) is 2.42. The van der Waals surface area contributed by atoms with Crippen molar-refractivity contribution in [3.63, 3.8) is 0 Å². The van der Waals surface area contributed by atoms with E-state index in [4.69, 9.17) is 10.2 Å². The van der Waals surface area contributed by atoms with Gasteiger partial charge in [-0.2, -0.15) is 0 Å². The maximum absolute atomic E-state index is 11.3. The summed E-state index contributed by atoms with van der Waals surface area (Å²) in [6.45, 7) is -2.34. The highest BCUT2D eigenvalue weighted by Crippen LogP contribution is 2.20. The zero-order valence-electron chi connectivity index (χ0n) is 9.23. The van der Waals surface area contributed by atoms with Crippen LogP contribution in [0.25, 0.3) is 0 Å². The molecule has 2 heterocycles. The van der Waals surface area contributed by atoms with Crippen molar-refractivity contribution in [1.82, 2.24) is 5.32 Å². The summed E-state index contributed by atoms with van der Waals surface area (Å²) < 4.78 is 34.9. The number of hydrogen-bond acceptors (Lipinski definition) is 3. The van der Waals surface area contributed by atoms with Crippen LogP contribution in [0.2, 0.25) is 0 Å². The number of carbonyl (C=O) groups is 1. The Bertz CT molecular complexity index is 337. The van der Waals surface area contributed by atoms with E-state index in [1.807, 2.05) is 0 Å². The Kier molecular flexibility index (Phi) is 0.638. The summed E-state index contributed by atoms with van der Waals surface area (Å²) >= 11 is 0. The topological polar surface area (TPSA) is 38.3 Å². The van der Waals surface area contributed by atoms with Crippen LogP contribution in [-0.4, -0.2) is 25.4 Å². The van der Waals surface area contributed by atoms with Gasteiger partial charge in [0.25, 0.3) is 0 Å². The first-order valence-electron chi connectivity index (χ1n) is 5.01. The second-order valence-corrected chi connectivity index (χ2v) is 2.11. The Morgan fingerprint density at radius 1 is 1.70 bits per heavy atom. The van der Waals surface area contributed by atoms with Crippen LogP contribution >= 0.6 is 0 Å². The number of carbonyl (C=O) groups excluding carboxylic acids is 1. The molecule has 0 spiro atoms. The van der Waals surface area contributed by atoms with E-state index >= 15 is 0 Å².